The standard InChI is InChI=1S/C12H22N2O/c1-10(9-15)7-13-5-6-14(11(2)8-13)12-3-4-12/h9-12H,3-8H2,1-2H3. The van der Waals surface area contributed by atoms with Gasteiger partial charge in [0.2, 0.25) is 0 Å². The van der Waals surface area contributed by atoms with E-state index >= 15 is 0 Å². The van der Waals surface area contributed by atoms with Gasteiger partial charge >= 0.3 is 0 Å². The van der Waals surface area contributed by atoms with Crippen molar-refractivity contribution in [2.75, 3.05) is 26.2 Å². The first kappa shape index (κ1) is 11.1. The second kappa shape index (κ2) is 4.62. The molecule has 0 bridgehead atoms. The summed E-state index contributed by atoms with van der Waals surface area (Å²) in [5.74, 6) is 0.185. The van der Waals surface area contributed by atoms with E-state index in [1.165, 1.54) is 19.4 Å². The highest BCUT2D eigenvalue weighted by molar-refractivity contribution is 5.53. The highest BCUT2D eigenvalue weighted by Gasteiger charge is 2.35. The smallest absolute Gasteiger partial charge is 0.124 e. The Morgan fingerprint density at radius 1 is 1.40 bits per heavy atom. The molecular weight excluding hydrogens is 188 g/mol. The molecule has 0 aromatic carbocycles. The molecule has 15 heavy (non-hydrogen) atoms. The molecule has 0 radical (unpaired) electrons. The zero-order valence-corrected chi connectivity index (χ0v) is 9.85. The van der Waals surface area contributed by atoms with Gasteiger partial charge in [0.25, 0.3) is 0 Å². The number of piperazine rings is 1. The fourth-order valence-corrected chi connectivity index (χ4v) is 2.61. The molecule has 0 aromatic heterocycles. The van der Waals surface area contributed by atoms with Crippen LogP contribution >= 0.6 is 0 Å². The van der Waals surface area contributed by atoms with Crippen molar-refractivity contribution in [3.8, 4) is 0 Å². The maximum atomic E-state index is 10.6. The van der Waals surface area contributed by atoms with Gasteiger partial charge in [-0.1, -0.05) is 6.92 Å². The van der Waals surface area contributed by atoms with Crippen molar-refractivity contribution in [1.82, 2.24) is 9.80 Å². The van der Waals surface area contributed by atoms with Crippen molar-refractivity contribution in [3.63, 3.8) is 0 Å². The van der Waals surface area contributed by atoms with Crippen molar-refractivity contribution in [2.24, 2.45) is 5.92 Å². The molecule has 0 N–H and O–H groups in total. The normalized spacial score (nSPS) is 31.5. The Morgan fingerprint density at radius 3 is 2.67 bits per heavy atom. The fraction of sp³-hybridized carbons (Fsp3) is 0.917. The van der Waals surface area contributed by atoms with Crippen molar-refractivity contribution in [2.45, 2.75) is 38.8 Å². The molecule has 2 fully saturated rings. The molecular formula is C12H22N2O. The monoisotopic (exact) mass is 210 g/mol. The maximum absolute atomic E-state index is 10.6. The molecule has 3 heteroatoms. The number of carbonyl (C=O) groups is 1. The number of hydrogen-bond donors (Lipinski definition) is 0. The van der Waals surface area contributed by atoms with E-state index in [1.54, 1.807) is 0 Å². The zero-order valence-electron chi connectivity index (χ0n) is 9.85. The lowest BCUT2D eigenvalue weighted by Gasteiger charge is -2.40. The predicted octanol–water partition coefficient (Wildman–Crippen LogP) is 0.990. The molecule has 1 heterocycles. The van der Waals surface area contributed by atoms with Crippen molar-refractivity contribution in [1.29, 1.82) is 0 Å². The predicted molar refractivity (Wildman–Crippen MR) is 60.9 cm³/mol. The van der Waals surface area contributed by atoms with Crippen LogP contribution in [0.5, 0.6) is 0 Å². The summed E-state index contributed by atoms with van der Waals surface area (Å²) >= 11 is 0. The van der Waals surface area contributed by atoms with Crippen molar-refractivity contribution in [3.05, 3.63) is 0 Å². The van der Waals surface area contributed by atoms with Crippen LogP contribution in [0.15, 0.2) is 0 Å². The highest BCUT2D eigenvalue weighted by atomic mass is 16.1. The largest absolute Gasteiger partial charge is 0.303 e. The van der Waals surface area contributed by atoms with E-state index in [2.05, 4.69) is 16.7 Å². The van der Waals surface area contributed by atoms with Gasteiger partial charge in [0.15, 0.2) is 0 Å². The van der Waals surface area contributed by atoms with Gasteiger partial charge in [-0.15, -0.1) is 0 Å². The molecule has 2 unspecified atom stereocenters. The molecule has 2 rings (SSSR count). The lowest BCUT2D eigenvalue weighted by atomic mass is 10.1. The Hall–Kier alpha value is -0.410. The zero-order chi connectivity index (χ0) is 10.8. The maximum Gasteiger partial charge on any atom is 0.124 e. The summed E-state index contributed by atoms with van der Waals surface area (Å²) in [5, 5.41) is 0. The minimum atomic E-state index is 0.185. The Labute approximate surface area is 92.4 Å². The summed E-state index contributed by atoms with van der Waals surface area (Å²) in [6.45, 7) is 8.72. The number of aldehydes is 1. The Bertz CT molecular complexity index is 228. The molecule has 1 saturated carbocycles. The van der Waals surface area contributed by atoms with Crippen LogP contribution in [0.3, 0.4) is 0 Å². The quantitative estimate of drug-likeness (QED) is 0.647. The molecule has 86 valence electrons. The van der Waals surface area contributed by atoms with Crippen molar-refractivity contribution < 1.29 is 4.79 Å². The Balaban J connectivity index is 1.79. The molecule has 2 atom stereocenters. The number of rotatable bonds is 4. The Kier molecular flexibility index (Phi) is 3.42. The highest BCUT2D eigenvalue weighted by Crippen LogP contribution is 2.30. The summed E-state index contributed by atoms with van der Waals surface area (Å²) in [6.07, 6.45) is 3.86. The van der Waals surface area contributed by atoms with Gasteiger partial charge < -0.3 is 4.79 Å². The molecule has 2 aliphatic rings. The Morgan fingerprint density at radius 2 is 2.13 bits per heavy atom. The van der Waals surface area contributed by atoms with Gasteiger partial charge in [-0.2, -0.15) is 0 Å². The summed E-state index contributed by atoms with van der Waals surface area (Å²) in [4.78, 5) is 15.7. The van der Waals surface area contributed by atoms with Crippen LogP contribution in [0.2, 0.25) is 0 Å². The SMILES string of the molecule is CC(C=O)CN1CCN(C2CC2)C(C)C1. The number of hydrogen-bond acceptors (Lipinski definition) is 3. The van der Waals surface area contributed by atoms with E-state index in [-0.39, 0.29) is 5.92 Å². The third kappa shape index (κ3) is 2.79. The van der Waals surface area contributed by atoms with E-state index < -0.39 is 0 Å². The molecule has 1 aliphatic heterocycles. The van der Waals surface area contributed by atoms with Crippen LogP contribution in [0.4, 0.5) is 0 Å². The average Bonchev–Trinajstić information content (AvgIpc) is 3.01. The summed E-state index contributed by atoms with van der Waals surface area (Å²) in [6, 6.07) is 1.55. The summed E-state index contributed by atoms with van der Waals surface area (Å²) < 4.78 is 0. The lowest BCUT2D eigenvalue weighted by Crippen LogP contribution is -2.53. The van der Waals surface area contributed by atoms with Gasteiger partial charge in [-0.3, -0.25) is 9.80 Å². The molecule has 1 aliphatic carbocycles. The lowest BCUT2D eigenvalue weighted by molar-refractivity contribution is -0.111. The van der Waals surface area contributed by atoms with Crippen LogP contribution in [0.25, 0.3) is 0 Å². The number of nitrogens with zero attached hydrogens (tertiary/aromatic N) is 2. The topological polar surface area (TPSA) is 23.6 Å². The molecule has 0 spiro atoms. The first-order valence-electron chi connectivity index (χ1n) is 6.14. The van der Waals surface area contributed by atoms with Gasteiger partial charge in [0, 0.05) is 44.2 Å². The molecule has 0 amide bonds. The molecule has 0 aromatic rings. The minimum Gasteiger partial charge on any atom is -0.303 e. The first-order valence-corrected chi connectivity index (χ1v) is 6.14. The second-order valence-electron chi connectivity index (χ2n) is 5.19. The summed E-state index contributed by atoms with van der Waals surface area (Å²) in [7, 11) is 0. The van der Waals surface area contributed by atoms with Crippen LogP contribution in [-0.2, 0) is 4.79 Å². The number of carbonyl (C=O) groups excluding carboxylic acids is 1. The average molecular weight is 210 g/mol. The van der Waals surface area contributed by atoms with Crippen LogP contribution in [0.1, 0.15) is 26.7 Å². The van der Waals surface area contributed by atoms with E-state index in [0.717, 1.165) is 32.0 Å². The van der Waals surface area contributed by atoms with E-state index in [0.29, 0.717) is 6.04 Å². The third-order valence-electron chi connectivity index (χ3n) is 3.56. The van der Waals surface area contributed by atoms with Gasteiger partial charge in [-0.05, 0) is 19.8 Å². The summed E-state index contributed by atoms with van der Waals surface area (Å²) in [5.41, 5.74) is 0. The second-order valence-corrected chi connectivity index (χ2v) is 5.19. The van der Waals surface area contributed by atoms with Gasteiger partial charge in [0.05, 0.1) is 0 Å². The molecule has 1 saturated heterocycles. The fourth-order valence-electron chi connectivity index (χ4n) is 2.61. The van der Waals surface area contributed by atoms with Gasteiger partial charge in [-0.25, -0.2) is 0 Å². The van der Waals surface area contributed by atoms with Crippen molar-refractivity contribution >= 4 is 6.29 Å². The van der Waals surface area contributed by atoms with E-state index in [4.69, 9.17) is 0 Å². The van der Waals surface area contributed by atoms with Gasteiger partial charge in [0.1, 0.15) is 6.29 Å². The van der Waals surface area contributed by atoms with E-state index in [9.17, 15) is 4.79 Å². The van der Waals surface area contributed by atoms with Crippen LogP contribution in [0, 0.1) is 5.92 Å². The molecule has 3 nitrogen and oxygen atoms in total. The minimum absolute atomic E-state index is 0.185. The van der Waals surface area contributed by atoms with Crippen LogP contribution in [-0.4, -0.2) is 54.3 Å². The van der Waals surface area contributed by atoms with Crippen LogP contribution < -0.4 is 0 Å². The van der Waals surface area contributed by atoms with E-state index in [1.807, 2.05) is 6.92 Å². The third-order valence-corrected chi connectivity index (χ3v) is 3.56. The first-order chi connectivity index (χ1) is 7.20.